The van der Waals surface area contributed by atoms with Gasteiger partial charge in [0.05, 0.1) is 11.9 Å². The normalized spacial score (nSPS) is 10.3. The molecule has 0 saturated carbocycles. The number of nitrogens with zero attached hydrogens (tertiary/aromatic N) is 2. The van der Waals surface area contributed by atoms with Crippen molar-refractivity contribution >= 4 is 17.5 Å². The fraction of sp³-hybridized carbons (Fsp3) is 0.0556. The van der Waals surface area contributed by atoms with Crippen LogP contribution in [0.1, 0.15) is 20.8 Å². The Labute approximate surface area is 144 Å². The molecule has 25 heavy (non-hydrogen) atoms. The smallest absolute Gasteiger partial charge is 0.272 e. The van der Waals surface area contributed by atoms with E-state index in [1.165, 1.54) is 12.3 Å². The minimum Gasteiger partial charge on any atom is -0.439 e. The summed E-state index contributed by atoms with van der Waals surface area (Å²) in [5.41, 5.74) is 6.68. The number of anilines is 1. The molecule has 0 aliphatic heterocycles. The summed E-state index contributed by atoms with van der Waals surface area (Å²) < 4.78 is 7.31. The third-order valence-corrected chi connectivity index (χ3v) is 3.51. The zero-order chi connectivity index (χ0) is 17.8. The molecule has 2 aromatic heterocycles. The van der Waals surface area contributed by atoms with Crippen molar-refractivity contribution < 1.29 is 14.3 Å². The summed E-state index contributed by atoms with van der Waals surface area (Å²) in [6.07, 6.45) is 3.29. The van der Waals surface area contributed by atoms with Crippen LogP contribution in [0.4, 0.5) is 5.69 Å². The molecule has 0 atom stereocenters. The highest BCUT2D eigenvalue weighted by Crippen LogP contribution is 2.21. The average molecular weight is 336 g/mol. The first-order chi connectivity index (χ1) is 12.0. The van der Waals surface area contributed by atoms with Gasteiger partial charge in [-0.25, -0.2) is 4.98 Å². The lowest BCUT2D eigenvalue weighted by atomic mass is 10.2. The fourth-order valence-corrected chi connectivity index (χ4v) is 2.24. The molecule has 3 N–H and O–H groups in total. The van der Waals surface area contributed by atoms with Gasteiger partial charge in [-0.1, -0.05) is 6.07 Å². The second kappa shape index (κ2) is 6.88. The topological polar surface area (TPSA) is 99.2 Å². The quantitative estimate of drug-likeness (QED) is 0.748. The van der Waals surface area contributed by atoms with Crippen molar-refractivity contribution in [2.24, 2.45) is 12.8 Å². The summed E-state index contributed by atoms with van der Waals surface area (Å²) in [6, 6.07) is 13.3. The van der Waals surface area contributed by atoms with Crippen molar-refractivity contribution in [3.8, 4) is 11.6 Å². The van der Waals surface area contributed by atoms with Crippen LogP contribution < -0.4 is 15.8 Å². The largest absolute Gasteiger partial charge is 0.439 e. The first-order valence-corrected chi connectivity index (χ1v) is 7.49. The van der Waals surface area contributed by atoms with Gasteiger partial charge in [-0.3, -0.25) is 9.59 Å². The van der Waals surface area contributed by atoms with Crippen LogP contribution in [0.25, 0.3) is 0 Å². The van der Waals surface area contributed by atoms with Crippen LogP contribution in [0.5, 0.6) is 11.6 Å². The molecule has 0 radical (unpaired) electrons. The number of carbonyl (C=O) groups excluding carboxylic acids is 2. The van der Waals surface area contributed by atoms with Gasteiger partial charge in [0.1, 0.15) is 11.4 Å². The van der Waals surface area contributed by atoms with Crippen molar-refractivity contribution in [1.82, 2.24) is 9.55 Å². The van der Waals surface area contributed by atoms with E-state index in [-0.39, 0.29) is 5.91 Å². The van der Waals surface area contributed by atoms with Crippen LogP contribution in [-0.4, -0.2) is 21.4 Å². The number of hydrogen-bond donors (Lipinski definition) is 2. The first kappa shape index (κ1) is 16.3. The summed E-state index contributed by atoms with van der Waals surface area (Å²) in [7, 11) is 1.80. The Morgan fingerprint density at radius 1 is 1.16 bits per heavy atom. The van der Waals surface area contributed by atoms with Crippen molar-refractivity contribution in [3.63, 3.8) is 0 Å². The van der Waals surface area contributed by atoms with Gasteiger partial charge in [0.25, 0.3) is 5.91 Å². The van der Waals surface area contributed by atoms with Crippen molar-refractivity contribution in [2.45, 2.75) is 0 Å². The number of primary amides is 1. The number of benzene rings is 1. The van der Waals surface area contributed by atoms with E-state index < -0.39 is 5.91 Å². The Balaban J connectivity index is 1.68. The number of aryl methyl sites for hydroxylation is 1. The molecular weight excluding hydrogens is 320 g/mol. The number of hydrogen-bond acceptors (Lipinski definition) is 4. The van der Waals surface area contributed by atoms with Crippen LogP contribution in [-0.2, 0) is 7.05 Å². The van der Waals surface area contributed by atoms with E-state index in [9.17, 15) is 9.59 Å². The number of pyridine rings is 1. The molecule has 0 aliphatic rings. The third kappa shape index (κ3) is 3.84. The monoisotopic (exact) mass is 336 g/mol. The standard InChI is InChI=1S/C18H16N4O3/c1-22-9-3-6-15(22)18(24)21-13-7-8-16(20-11-13)25-14-5-2-4-12(10-14)17(19)23/h2-11H,1H3,(H2,19,23)(H,21,24). The summed E-state index contributed by atoms with van der Waals surface area (Å²) >= 11 is 0. The minimum absolute atomic E-state index is 0.225. The summed E-state index contributed by atoms with van der Waals surface area (Å²) in [6.45, 7) is 0. The van der Waals surface area contributed by atoms with Gasteiger partial charge in [0.15, 0.2) is 0 Å². The van der Waals surface area contributed by atoms with Crippen molar-refractivity contribution in [3.05, 3.63) is 72.2 Å². The number of carbonyl (C=O) groups is 2. The number of ether oxygens (including phenoxy) is 1. The van der Waals surface area contributed by atoms with Crippen LogP contribution in [0.2, 0.25) is 0 Å². The van der Waals surface area contributed by atoms with E-state index >= 15 is 0 Å². The molecule has 0 bridgehead atoms. The lowest BCUT2D eigenvalue weighted by Gasteiger charge is -2.08. The van der Waals surface area contributed by atoms with Crippen molar-refractivity contribution in [2.75, 3.05) is 5.32 Å². The van der Waals surface area contributed by atoms with Gasteiger partial charge < -0.3 is 20.4 Å². The molecular formula is C18H16N4O3. The molecule has 3 rings (SSSR count). The first-order valence-electron chi connectivity index (χ1n) is 7.49. The lowest BCUT2D eigenvalue weighted by Crippen LogP contribution is -2.15. The average Bonchev–Trinajstić information content (AvgIpc) is 3.03. The Kier molecular flexibility index (Phi) is 4.47. The number of nitrogens with two attached hydrogens (primary N) is 1. The molecule has 0 saturated heterocycles. The minimum atomic E-state index is -0.530. The zero-order valence-corrected chi connectivity index (χ0v) is 13.5. The summed E-state index contributed by atoms with van der Waals surface area (Å²) in [5.74, 6) is 0.0251. The van der Waals surface area contributed by atoms with E-state index in [4.69, 9.17) is 10.5 Å². The molecule has 0 fully saturated rings. The maximum absolute atomic E-state index is 12.1. The van der Waals surface area contributed by atoms with Gasteiger partial charge in [-0.05, 0) is 36.4 Å². The van der Waals surface area contributed by atoms with E-state index in [1.54, 1.807) is 60.3 Å². The van der Waals surface area contributed by atoms with E-state index in [0.29, 0.717) is 28.6 Å². The molecule has 7 nitrogen and oxygen atoms in total. The van der Waals surface area contributed by atoms with Gasteiger partial charge in [0, 0.05) is 24.9 Å². The fourth-order valence-electron chi connectivity index (χ4n) is 2.24. The Bertz CT molecular complexity index is 916. The Morgan fingerprint density at radius 3 is 2.64 bits per heavy atom. The molecule has 2 heterocycles. The van der Waals surface area contributed by atoms with E-state index in [0.717, 1.165) is 0 Å². The highest BCUT2D eigenvalue weighted by molar-refractivity contribution is 6.03. The third-order valence-electron chi connectivity index (χ3n) is 3.51. The molecule has 0 aliphatic carbocycles. The van der Waals surface area contributed by atoms with Gasteiger partial charge in [-0.2, -0.15) is 0 Å². The highest BCUT2D eigenvalue weighted by atomic mass is 16.5. The van der Waals surface area contributed by atoms with Crippen molar-refractivity contribution in [1.29, 1.82) is 0 Å². The van der Waals surface area contributed by atoms with Gasteiger partial charge in [0.2, 0.25) is 11.8 Å². The Morgan fingerprint density at radius 2 is 2.00 bits per heavy atom. The van der Waals surface area contributed by atoms with Gasteiger partial charge in [-0.15, -0.1) is 0 Å². The molecule has 3 aromatic rings. The van der Waals surface area contributed by atoms with Gasteiger partial charge >= 0.3 is 0 Å². The van der Waals surface area contributed by atoms with E-state index in [1.807, 2.05) is 0 Å². The summed E-state index contributed by atoms with van der Waals surface area (Å²) in [4.78, 5) is 27.5. The highest BCUT2D eigenvalue weighted by Gasteiger charge is 2.09. The number of nitrogens with one attached hydrogen (secondary N) is 1. The second-order valence-electron chi connectivity index (χ2n) is 5.34. The summed E-state index contributed by atoms with van der Waals surface area (Å²) in [5, 5.41) is 2.76. The zero-order valence-electron chi connectivity index (χ0n) is 13.5. The molecule has 0 spiro atoms. The molecule has 7 heteroatoms. The predicted octanol–water partition coefficient (Wildman–Crippen LogP) is 2.56. The maximum atomic E-state index is 12.1. The van der Waals surface area contributed by atoms with Crippen LogP contribution in [0.15, 0.2) is 60.9 Å². The predicted molar refractivity (Wildman–Crippen MR) is 92.6 cm³/mol. The van der Waals surface area contributed by atoms with Crippen LogP contribution in [0.3, 0.4) is 0 Å². The Hall–Kier alpha value is -3.61. The van der Waals surface area contributed by atoms with Crippen LogP contribution >= 0.6 is 0 Å². The van der Waals surface area contributed by atoms with E-state index in [2.05, 4.69) is 10.3 Å². The second-order valence-corrected chi connectivity index (χ2v) is 5.34. The number of aromatic nitrogens is 2. The molecule has 2 amide bonds. The lowest BCUT2D eigenvalue weighted by molar-refractivity contribution is 0.0996. The SMILES string of the molecule is Cn1cccc1C(=O)Nc1ccc(Oc2cccc(C(N)=O)c2)nc1. The maximum Gasteiger partial charge on any atom is 0.272 e. The van der Waals surface area contributed by atoms with Crippen LogP contribution in [0, 0.1) is 0 Å². The molecule has 1 aromatic carbocycles. The number of amides is 2. The molecule has 0 unspecified atom stereocenters. The molecule has 126 valence electrons. The number of rotatable bonds is 5.